The van der Waals surface area contributed by atoms with Gasteiger partial charge in [-0.1, -0.05) is 33.6 Å². The fourth-order valence-corrected chi connectivity index (χ4v) is 2.46. The molecule has 3 N–H and O–H groups in total. The average Bonchev–Trinajstić information content (AvgIpc) is 2.46. The first-order valence-electron chi connectivity index (χ1n) is 6.10. The Labute approximate surface area is 136 Å². The fraction of sp³-hybridized carbons (Fsp3) is 0.133. The summed E-state index contributed by atoms with van der Waals surface area (Å²) in [5.41, 5.74) is 6.92. The van der Waals surface area contributed by atoms with E-state index >= 15 is 0 Å². The summed E-state index contributed by atoms with van der Waals surface area (Å²) in [5, 5.41) is 8.12. The highest BCUT2D eigenvalue weighted by atomic mass is 79.9. The third kappa shape index (κ3) is 4.12. The van der Waals surface area contributed by atoms with Gasteiger partial charge in [0.25, 0.3) is 0 Å². The third-order valence-corrected chi connectivity index (χ3v) is 3.68. The molecule has 4 nitrogen and oxygen atoms in total. The van der Waals surface area contributed by atoms with Crippen molar-refractivity contribution in [3.8, 4) is 11.5 Å². The number of hydrogen-bond acceptors (Lipinski definition) is 3. The average molecular weight is 370 g/mol. The minimum absolute atomic E-state index is 0.0413. The van der Waals surface area contributed by atoms with Crippen molar-refractivity contribution in [2.45, 2.75) is 6.61 Å². The Morgan fingerprint density at radius 1 is 1.24 bits per heavy atom. The number of halogens is 2. The number of rotatable bonds is 5. The highest BCUT2D eigenvalue weighted by Crippen LogP contribution is 2.26. The van der Waals surface area contributed by atoms with Gasteiger partial charge in [-0.25, -0.2) is 0 Å². The maximum Gasteiger partial charge on any atom is 0.124 e. The van der Waals surface area contributed by atoms with Crippen LogP contribution in [0.15, 0.2) is 40.9 Å². The van der Waals surface area contributed by atoms with Crippen molar-refractivity contribution in [3.63, 3.8) is 0 Å². The molecule has 0 aliphatic heterocycles. The van der Waals surface area contributed by atoms with Crippen molar-refractivity contribution in [1.82, 2.24) is 0 Å². The lowest BCUT2D eigenvalue weighted by atomic mass is 10.2. The highest BCUT2D eigenvalue weighted by molar-refractivity contribution is 9.10. The summed E-state index contributed by atoms with van der Waals surface area (Å²) in [6, 6.07) is 10.7. The molecule has 0 saturated heterocycles. The maximum absolute atomic E-state index is 7.50. The summed E-state index contributed by atoms with van der Waals surface area (Å²) in [6.07, 6.45) is 0. The number of ether oxygens (including phenoxy) is 2. The van der Waals surface area contributed by atoms with Crippen LogP contribution in [0.4, 0.5) is 0 Å². The first-order chi connectivity index (χ1) is 9.99. The Balaban J connectivity index is 2.19. The van der Waals surface area contributed by atoms with Gasteiger partial charge in [0.2, 0.25) is 0 Å². The van der Waals surface area contributed by atoms with E-state index in [0.29, 0.717) is 28.7 Å². The van der Waals surface area contributed by atoms with Gasteiger partial charge in [0, 0.05) is 26.7 Å². The van der Waals surface area contributed by atoms with Gasteiger partial charge in [-0.2, -0.15) is 0 Å². The molecule has 2 rings (SSSR count). The SMILES string of the molecule is COc1cc(OCc2ccc(Br)cc2Cl)cc(C(=N)N)c1. The normalized spacial score (nSPS) is 10.2. The molecular weight excluding hydrogens is 356 g/mol. The number of nitrogen functional groups attached to an aromatic ring is 1. The van der Waals surface area contributed by atoms with Crippen LogP contribution in [0.5, 0.6) is 11.5 Å². The molecule has 0 aliphatic carbocycles. The van der Waals surface area contributed by atoms with Crippen LogP contribution in [0.2, 0.25) is 5.02 Å². The summed E-state index contributed by atoms with van der Waals surface area (Å²) in [7, 11) is 1.55. The summed E-state index contributed by atoms with van der Waals surface area (Å²) in [5.74, 6) is 1.11. The topological polar surface area (TPSA) is 68.3 Å². The summed E-state index contributed by atoms with van der Waals surface area (Å²) < 4.78 is 11.8. The van der Waals surface area contributed by atoms with Crippen LogP contribution >= 0.6 is 27.5 Å². The van der Waals surface area contributed by atoms with E-state index in [4.69, 9.17) is 32.2 Å². The number of hydrogen-bond donors (Lipinski definition) is 2. The third-order valence-electron chi connectivity index (χ3n) is 2.84. The second-order valence-electron chi connectivity index (χ2n) is 4.34. The van der Waals surface area contributed by atoms with E-state index in [0.717, 1.165) is 10.0 Å². The minimum Gasteiger partial charge on any atom is -0.497 e. The molecule has 0 fully saturated rings. The number of nitrogens with one attached hydrogen (secondary N) is 1. The Morgan fingerprint density at radius 2 is 1.95 bits per heavy atom. The maximum atomic E-state index is 7.50. The van der Waals surface area contributed by atoms with Gasteiger partial charge in [0.05, 0.1) is 7.11 Å². The molecule has 0 heterocycles. The molecule has 2 aromatic carbocycles. The molecule has 0 amide bonds. The minimum atomic E-state index is -0.0413. The molecule has 21 heavy (non-hydrogen) atoms. The quantitative estimate of drug-likeness (QED) is 0.619. The van der Waals surface area contributed by atoms with E-state index < -0.39 is 0 Å². The zero-order valence-electron chi connectivity index (χ0n) is 11.3. The van der Waals surface area contributed by atoms with Crippen molar-refractivity contribution in [1.29, 1.82) is 5.41 Å². The van der Waals surface area contributed by atoms with Gasteiger partial charge in [-0.3, -0.25) is 5.41 Å². The predicted octanol–water partition coefficient (Wildman–Crippen LogP) is 3.97. The van der Waals surface area contributed by atoms with Crippen LogP contribution in [0, 0.1) is 5.41 Å². The van der Waals surface area contributed by atoms with E-state index in [2.05, 4.69) is 15.9 Å². The summed E-state index contributed by atoms with van der Waals surface area (Å²) in [6.45, 7) is 0.316. The number of amidine groups is 1. The highest BCUT2D eigenvalue weighted by Gasteiger charge is 2.07. The summed E-state index contributed by atoms with van der Waals surface area (Å²) >= 11 is 9.50. The fourth-order valence-electron chi connectivity index (χ4n) is 1.73. The van der Waals surface area contributed by atoms with Crippen LogP contribution in [-0.2, 0) is 6.61 Å². The van der Waals surface area contributed by atoms with Crippen LogP contribution in [-0.4, -0.2) is 12.9 Å². The Kier molecular flexibility index (Phi) is 5.09. The lowest BCUT2D eigenvalue weighted by Crippen LogP contribution is -2.11. The molecule has 0 unspecified atom stereocenters. The van der Waals surface area contributed by atoms with E-state index in [1.807, 2.05) is 18.2 Å². The second kappa shape index (κ2) is 6.83. The van der Waals surface area contributed by atoms with Crippen LogP contribution in [0.25, 0.3) is 0 Å². The molecule has 2 aromatic rings. The monoisotopic (exact) mass is 368 g/mol. The van der Waals surface area contributed by atoms with Gasteiger partial charge in [0.1, 0.15) is 23.9 Å². The van der Waals surface area contributed by atoms with E-state index in [1.54, 1.807) is 25.3 Å². The number of methoxy groups -OCH3 is 1. The van der Waals surface area contributed by atoms with Gasteiger partial charge in [0.15, 0.2) is 0 Å². The molecule has 0 saturated carbocycles. The van der Waals surface area contributed by atoms with E-state index in [-0.39, 0.29) is 5.84 Å². The van der Waals surface area contributed by atoms with Crippen LogP contribution < -0.4 is 15.2 Å². The Morgan fingerprint density at radius 3 is 2.57 bits per heavy atom. The first kappa shape index (κ1) is 15.7. The lowest BCUT2D eigenvalue weighted by molar-refractivity contribution is 0.303. The van der Waals surface area contributed by atoms with Crippen molar-refractivity contribution in [2.75, 3.05) is 7.11 Å². The summed E-state index contributed by atoms with van der Waals surface area (Å²) in [4.78, 5) is 0. The van der Waals surface area contributed by atoms with Crippen LogP contribution in [0.1, 0.15) is 11.1 Å². The lowest BCUT2D eigenvalue weighted by Gasteiger charge is -2.11. The van der Waals surface area contributed by atoms with Crippen molar-refractivity contribution in [3.05, 3.63) is 57.0 Å². The largest absolute Gasteiger partial charge is 0.497 e. The molecule has 0 aliphatic rings. The van der Waals surface area contributed by atoms with Gasteiger partial charge in [-0.05, 0) is 24.3 Å². The van der Waals surface area contributed by atoms with E-state index in [9.17, 15) is 0 Å². The molecular formula is C15H14BrClN2O2. The Bertz CT molecular complexity index is 677. The first-order valence-corrected chi connectivity index (χ1v) is 7.27. The molecule has 0 atom stereocenters. The van der Waals surface area contributed by atoms with Crippen molar-refractivity contribution < 1.29 is 9.47 Å². The van der Waals surface area contributed by atoms with Gasteiger partial charge in [-0.15, -0.1) is 0 Å². The molecule has 0 radical (unpaired) electrons. The standard InChI is InChI=1S/C15H14BrClN2O2/c1-20-12-4-10(15(18)19)5-13(7-12)21-8-9-2-3-11(16)6-14(9)17/h2-7H,8H2,1H3,(H3,18,19). The Hall–Kier alpha value is -1.72. The zero-order chi connectivity index (χ0) is 15.4. The van der Waals surface area contributed by atoms with Crippen molar-refractivity contribution in [2.24, 2.45) is 5.73 Å². The molecule has 0 bridgehead atoms. The smallest absolute Gasteiger partial charge is 0.124 e. The molecule has 6 heteroatoms. The van der Waals surface area contributed by atoms with Crippen LogP contribution in [0.3, 0.4) is 0 Å². The second-order valence-corrected chi connectivity index (χ2v) is 5.66. The molecule has 110 valence electrons. The van der Waals surface area contributed by atoms with Crippen molar-refractivity contribution >= 4 is 33.4 Å². The molecule has 0 aromatic heterocycles. The number of nitrogens with two attached hydrogens (primary N) is 1. The predicted molar refractivity (Wildman–Crippen MR) is 87.5 cm³/mol. The zero-order valence-corrected chi connectivity index (χ0v) is 13.7. The van der Waals surface area contributed by atoms with E-state index in [1.165, 1.54) is 0 Å². The number of benzene rings is 2. The van der Waals surface area contributed by atoms with Gasteiger partial charge < -0.3 is 15.2 Å². The molecule has 0 spiro atoms. The van der Waals surface area contributed by atoms with Gasteiger partial charge >= 0.3 is 0 Å².